The number of nitrogens with zero attached hydrogens (tertiary/aromatic N) is 5. The number of hydrogen-bond acceptors (Lipinski definition) is 7. The van der Waals surface area contributed by atoms with Crippen molar-refractivity contribution in [2.75, 3.05) is 26.3 Å². The Morgan fingerprint density at radius 3 is 2.55 bits per heavy atom. The summed E-state index contributed by atoms with van der Waals surface area (Å²) in [5.74, 6) is -0.226. The van der Waals surface area contributed by atoms with Crippen LogP contribution in [0.3, 0.4) is 0 Å². The fourth-order valence-corrected chi connectivity index (χ4v) is 5.12. The minimum absolute atomic E-state index is 0.178. The molecule has 0 aliphatic carbocycles. The molecule has 1 fully saturated rings. The third-order valence-electron chi connectivity index (χ3n) is 7.21. The number of rotatable bonds is 7. The van der Waals surface area contributed by atoms with E-state index in [-0.39, 0.29) is 30.0 Å². The molecule has 1 saturated heterocycles. The standard InChI is InChI=1S/C30H33N5O5/c1-5-39-30(38)22-11-14-33(15-12-22)26(36)18-40-25-10-7-13-34-28(25)31-21(4)27(29(34)37)24-17-20(3)35(32-24)23-9-6-8-19(2)16-23/h6-10,13,16-17,22H,5,11-12,14-15,18H2,1-4H3. The van der Waals surface area contributed by atoms with Crippen LogP contribution in [-0.2, 0) is 14.3 Å². The van der Waals surface area contributed by atoms with Crippen LogP contribution in [0.5, 0.6) is 5.75 Å². The average Bonchev–Trinajstić information content (AvgIpc) is 3.33. The van der Waals surface area contributed by atoms with Crippen molar-refractivity contribution < 1.29 is 19.1 Å². The number of aryl methyl sites for hydroxylation is 3. The van der Waals surface area contributed by atoms with Crippen molar-refractivity contribution in [3.8, 4) is 22.7 Å². The molecule has 0 atom stereocenters. The first kappa shape index (κ1) is 27.1. The van der Waals surface area contributed by atoms with Gasteiger partial charge in [-0.15, -0.1) is 0 Å². The van der Waals surface area contributed by atoms with Gasteiger partial charge < -0.3 is 14.4 Å². The van der Waals surface area contributed by atoms with Crippen LogP contribution in [0.2, 0.25) is 0 Å². The predicted octanol–water partition coefficient (Wildman–Crippen LogP) is 3.65. The fourth-order valence-electron chi connectivity index (χ4n) is 5.12. The maximum absolute atomic E-state index is 13.6. The summed E-state index contributed by atoms with van der Waals surface area (Å²) in [5, 5.41) is 4.73. The van der Waals surface area contributed by atoms with Gasteiger partial charge in [0.05, 0.1) is 29.5 Å². The Bertz CT molecular complexity index is 1630. The number of esters is 1. The second kappa shape index (κ2) is 11.3. The van der Waals surface area contributed by atoms with E-state index in [0.29, 0.717) is 60.9 Å². The summed E-state index contributed by atoms with van der Waals surface area (Å²) in [7, 11) is 0. The van der Waals surface area contributed by atoms with Gasteiger partial charge in [0.25, 0.3) is 11.5 Å². The summed E-state index contributed by atoms with van der Waals surface area (Å²) in [6, 6.07) is 13.3. The molecule has 0 unspecified atom stereocenters. The van der Waals surface area contributed by atoms with Gasteiger partial charge in [-0.1, -0.05) is 12.1 Å². The minimum atomic E-state index is -0.269. The van der Waals surface area contributed by atoms with E-state index in [1.54, 1.807) is 37.1 Å². The maximum atomic E-state index is 13.6. The number of carbonyl (C=O) groups excluding carboxylic acids is 2. The van der Waals surface area contributed by atoms with E-state index in [1.807, 2.05) is 48.9 Å². The van der Waals surface area contributed by atoms with Crippen molar-refractivity contribution in [1.82, 2.24) is 24.1 Å². The summed E-state index contributed by atoms with van der Waals surface area (Å²) < 4.78 is 14.2. The lowest BCUT2D eigenvalue weighted by Gasteiger charge is -2.30. The summed E-state index contributed by atoms with van der Waals surface area (Å²) in [6.07, 6.45) is 2.76. The highest BCUT2D eigenvalue weighted by Crippen LogP contribution is 2.25. The lowest BCUT2D eigenvalue weighted by Crippen LogP contribution is -2.42. The molecule has 4 aromatic rings. The number of piperidine rings is 1. The minimum Gasteiger partial charge on any atom is -0.480 e. The normalized spacial score (nSPS) is 13.9. The first-order chi connectivity index (χ1) is 19.3. The molecule has 4 heterocycles. The van der Waals surface area contributed by atoms with E-state index in [2.05, 4.69) is 4.98 Å². The van der Waals surface area contributed by atoms with Gasteiger partial charge in [0.15, 0.2) is 18.0 Å². The van der Waals surface area contributed by atoms with Gasteiger partial charge in [-0.3, -0.25) is 18.8 Å². The van der Waals surface area contributed by atoms with E-state index in [0.717, 1.165) is 16.9 Å². The van der Waals surface area contributed by atoms with Crippen molar-refractivity contribution in [2.24, 2.45) is 5.92 Å². The molecule has 5 rings (SSSR count). The Labute approximate surface area is 232 Å². The van der Waals surface area contributed by atoms with Crippen LogP contribution in [0.15, 0.2) is 53.5 Å². The lowest BCUT2D eigenvalue weighted by molar-refractivity contribution is -0.151. The molecule has 208 valence electrons. The molecule has 3 aromatic heterocycles. The largest absolute Gasteiger partial charge is 0.480 e. The third kappa shape index (κ3) is 5.34. The molecule has 0 spiro atoms. The Kier molecular flexibility index (Phi) is 7.68. The zero-order chi connectivity index (χ0) is 28.4. The van der Waals surface area contributed by atoms with Crippen LogP contribution in [0, 0.1) is 26.7 Å². The smallest absolute Gasteiger partial charge is 0.309 e. The number of pyridine rings is 1. The summed E-state index contributed by atoms with van der Waals surface area (Å²) in [5.41, 5.74) is 4.45. The first-order valence-corrected chi connectivity index (χ1v) is 13.5. The Morgan fingerprint density at radius 1 is 1.05 bits per heavy atom. The summed E-state index contributed by atoms with van der Waals surface area (Å²) >= 11 is 0. The summed E-state index contributed by atoms with van der Waals surface area (Å²) in [4.78, 5) is 44.8. The van der Waals surface area contributed by atoms with E-state index >= 15 is 0 Å². The Morgan fingerprint density at radius 2 is 1.82 bits per heavy atom. The number of ether oxygens (including phenoxy) is 2. The molecule has 1 amide bonds. The van der Waals surface area contributed by atoms with E-state index in [4.69, 9.17) is 14.6 Å². The average molecular weight is 544 g/mol. The Hall–Kier alpha value is -4.47. The number of aromatic nitrogens is 4. The molecule has 10 nitrogen and oxygen atoms in total. The number of amides is 1. The fraction of sp³-hybridized carbons (Fsp3) is 0.367. The van der Waals surface area contributed by atoms with Crippen LogP contribution < -0.4 is 10.3 Å². The van der Waals surface area contributed by atoms with Gasteiger partial charge in [-0.2, -0.15) is 5.10 Å². The van der Waals surface area contributed by atoms with E-state index in [9.17, 15) is 14.4 Å². The zero-order valence-corrected chi connectivity index (χ0v) is 23.2. The number of hydrogen-bond donors (Lipinski definition) is 0. The molecule has 0 bridgehead atoms. The van der Waals surface area contributed by atoms with Gasteiger partial charge >= 0.3 is 5.97 Å². The Balaban J connectivity index is 1.35. The number of fused-ring (bicyclic) bond motifs is 1. The van der Waals surface area contributed by atoms with Gasteiger partial charge in [-0.05, 0) is 76.4 Å². The molecule has 10 heteroatoms. The molecule has 1 aliphatic heterocycles. The predicted molar refractivity (Wildman–Crippen MR) is 150 cm³/mol. The number of carbonyl (C=O) groups is 2. The highest BCUT2D eigenvalue weighted by atomic mass is 16.5. The van der Waals surface area contributed by atoms with Crippen molar-refractivity contribution >= 4 is 17.5 Å². The molecule has 40 heavy (non-hydrogen) atoms. The monoisotopic (exact) mass is 543 g/mol. The van der Waals surface area contributed by atoms with Crippen molar-refractivity contribution in [1.29, 1.82) is 0 Å². The molecule has 0 N–H and O–H groups in total. The van der Waals surface area contributed by atoms with E-state index < -0.39 is 0 Å². The molecule has 1 aromatic carbocycles. The zero-order valence-electron chi connectivity index (χ0n) is 23.2. The van der Waals surface area contributed by atoms with Crippen LogP contribution in [0.4, 0.5) is 0 Å². The van der Waals surface area contributed by atoms with Crippen LogP contribution >= 0.6 is 0 Å². The maximum Gasteiger partial charge on any atom is 0.309 e. The third-order valence-corrected chi connectivity index (χ3v) is 7.21. The van der Waals surface area contributed by atoms with Crippen molar-refractivity contribution in [2.45, 2.75) is 40.5 Å². The highest BCUT2D eigenvalue weighted by molar-refractivity contribution is 5.79. The van der Waals surface area contributed by atoms with Gasteiger partial charge in [0.2, 0.25) is 0 Å². The molecule has 1 aliphatic rings. The lowest BCUT2D eigenvalue weighted by atomic mass is 9.97. The second-order valence-electron chi connectivity index (χ2n) is 10.1. The van der Waals surface area contributed by atoms with E-state index in [1.165, 1.54) is 4.40 Å². The number of benzene rings is 1. The topological polar surface area (TPSA) is 108 Å². The second-order valence-corrected chi connectivity index (χ2v) is 10.1. The van der Waals surface area contributed by atoms with Crippen LogP contribution in [0.25, 0.3) is 22.6 Å². The summed E-state index contributed by atoms with van der Waals surface area (Å²) in [6.45, 7) is 8.62. The first-order valence-electron chi connectivity index (χ1n) is 13.5. The van der Waals surface area contributed by atoms with Crippen LogP contribution in [0.1, 0.15) is 36.7 Å². The molecule has 0 radical (unpaired) electrons. The van der Waals surface area contributed by atoms with Crippen LogP contribution in [-0.4, -0.2) is 62.2 Å². The van der Waals surface area contributed by atoms with Crippen molar-refractivity contribution in [3.63, 3.8) is 0 Å². The molecular weight excluding hydrogens is 510 g/mol. The quantitative estimate of drug-likeness (QED) is 0.328. The molecular formula is C30H33N5O5. The molecule has 0 saturated carbocycles. The highest BCUT2D eigenvalue weighted by Gasteiger charge is 2.28. The number of likely N-dealkylation sites (tertiary alicyclic amines) is 1. The van der Waals surface area contributed by atoms with Crippen molar-refractivity contribution in [3.05, 3.63) is 76.0 Å². The van der Waals surface area contributed by atoms with Gasteiger partial charge in [0.1, 0.15) is 5.69 Å². The SMILES string of the molecule is CCOC(=O)C1CCN(C(=O)COc2cccn3c(=O)c(-c4cc(C)n(-c5cccc(C)c5)n4)c(C)nc23)CC1. The van der Waals surface area contributed by atoms with Gasteiger partial charge in [-0.25, -0.2) is 9.67 Å². The van der Waals surface area contributed by atoms with Gasteiger partial charge in [0, 0.05) is 25.0 Å².